The van der Waals surface area contributed by atoms with E-state index >= 15 is 0 Å². The highest BCUT2D eigenvalue weighted by atomic mass is 16.5. The Bertz CT molecular complexity index is 3210. The van der Waals surface area contributed by atoms with E-state index in [0.29, 0.717) is 51.6 Å². The van der Waals surface area contributed by atoms with Crippen LogP contribution in [0.5, 0.6) is 11.5 Å². The summed E-state index contributed by atoms with van der Waals surface area (Å²) in [6, 6.07) is 48.9. The number of para-hydroxylation sites is 1. The Labute approximate surface area is 320 Å². The van der Waals surface area contributed by atoms with Gasteiger partial charge in [0.15, 0.2) is 23.3 Å². The lowest BCUT2D eigenvalue weighted by molar-refractivity contribution is 0.467. The van der Waals surface area contributed by atoms with Gasteiger partial charge in [0.25, 0.3) is 0 Å². The number of fused-ring (bicyclic) bond motifs is 20. The van der Waals surface area contributed by atoms with Crippen LogP contribution in [0.15, 0.2) is 146 Å². The first-order valence-electron chi connectivity index (χ1n) is 18.6. The minimum Gasteiger partial charge on any atom is -0.456 e. The summed E-state index contributed by atoms with van der Waals surface area (Å²) in [6.07, 6.45) is 0. The van der Waals surface area contributed by atoms with Gasteiger partial charge in [-0.3, -0.25) is 0 Å². The molecule has 266 valence electrons. The number of rotatable bonds is 4. The lowest BCUT2D eigenvalue weighted by Gasteiger charge is -2.28. The summed E-state index contributed by atoms with van der Waals surface area (Å²) in [5.74, 6) is 3.58. The lowest BCUT2D eigenvalue weighted by atomic mass is 9.78. The van der Waals surface area contributed by atoms with Crippen molar-refractivity contribution in [3.05, 3.63) is 157 Å². The number of benzene rings is 6. The first-order valence-corrected chi connectivity index (χ1v) is 18.6. The standard InChI is InChI=1S/C47H32N8O/c1-47(2,27-15-4-3-5-16-27)35-24-12-13-25-36(35)56-37-26-14-23-34-38(37)46-54-44-33-22-11-10-21-32(33)42(52-44)50-40-29-18-7-6-17-28(29)39(48-40)49-41-30-19-8-9-20-31(30)43(51-41)53-45(34)55-46/h3-26H,1-2H3,(H2,48,49,50,51,52,53,54,55). The van der Waals surface area contributed by atoms with Crippen molar-refractivity contribution in [2.45, 2.75) is 19.3 Å². The van der Waals surface area contributed by atoms with Gasteiger partial charge in [0, 0.05) is 49.4 Å². The average molecular weight is 725 g/mol. The maximum absolute atomic E-state index is 6.96. The molecule has 0 spiro atoms. The SMILES string of the molecule is CC(C)(c1ccccc1)c1ccccc1Oc1cccc2c3nc4nc(nc5[nH]c(nc6nc(nc([nH]3)c12)-c1ccccc1-6)c1ccccc51)-c1ccccc1-4. The quantitative estimate of drug-likeness (QED) is 0.185. The van der Waals surface area contributed by atoms with E-state index in [1.54, 1.807) is 0 Å². The Morgan fingerprint density at radius 2 is 0.821 bits per heavy atom. The maximum atomic E-state index is 6.96. The summed E-state index contributed by atoms with van der Waals surface area (Å²) in [5, 5.41) is 3.46. The van der Waals surface area contributed by atoms with Gasteiger partial charge < -0.3 is 14.7 Å². The Balaban J connectivity index is 1.22. The molecular weight excluding hydrogens is 693 g/mol. The van der Waals surface area contributed by atoms with Crippen molar-refractivity contribution in [2.75, 3.05) is 0 Å². The number of ether oxygens (including phenoxy) is 1. The fourth-order valence-corrected chi connectivity index (χ4v) is 7.94. The van der Waals surface area contributed by atoms with Gasteiger partial charge in [-0.05, 0) is 17.7 Å². The largest absolute Gasteiger partial charge is 0.456 e. The molecule has 9 aromatic rings. The summed E-state index contributed by atoms with van der Waals surface area (Å²) in [5.41, 5.74) is 7.92. The van der Waals surface area contributed by atoms with Crippen molar-refractivity contribution in [3.63, 3.8) is 0 Å². The summed E-state index contributed by atoms with van der Waals surface area (Å²) >= 11 is 0. The predicted molar refractivity (Wildman–Crippen MR) is 221 cm³/mol. The second-order valence-electron chi connectivity index (χ2n) is 14.5. The molecule has 0 aliphatic carbocycles. The highest BCUT2D eigenvalue weighted by Gasteiger charge is 2.28. The van der Waals surface area contributed by atoms with Crippen LogP contribution in [0.25, 0.3) is 89.7 Å². The van der Waals surface area contributed by atoms with Gasteiger partial charge in [0.1, 0.15) is 34.1 Å². The fourth-order valence-electron chi connectivity index (χ4n) is 7.94. The molecule has 0 fully saturated rings. The van der Waals surface area contributed by atoms with Gasteiger partial charge in [-0.15, -0.1) is 0 Å². The fraction of sp³-hybridized carbons (Fsp3) is 0.0638. The van der Waals surface area contributed by atoms with Crippen molar-refractivity contribution in [2.24, 2.45) is 0 Å². The van der Waals surface area contributed by atoms with Gasteiger partial charge >= 0.3 is 0 Å². The van der Waals surface area contributed by atoms with Gasteiger partial charge in [-0.1, -0.05) is 147 Å². The van der Waals surface area contributed by atoms with E-state index in [4.69, 9.17) is 34.6 Å². The third kappa shape index (κ3) is 5.01. The Hall–Kier alpha value is -7.52. The summed E-state index contributed by atoms with van der Waals surface area (Å²) < 4.78 is 6.96. The van der Waals surface area contributed by atoms with Crippen molar-refractivity contribution < 1.29 is 4.74 Å². The number of nitrogens with one attached hydrogen (secondary N) is 2. The monoisotopic (exact) mass is 724 g/mol. The number of hydrogen-bond acceptors (Lipinski definition) is 7. The maximum Gasteiger partial charge on any atom is 0.164 e. The molecule has 2 aliphatic rings. The zero-order valence-electron chi connectivity index (χ0n) is 30.4. The molecule has 8 bridgehead atoms. The van der Waals surface area contributed by atoms with Crippen molar-refractivity contribution in [1.82, 2.24) is 39.9 Å². The van der Waals surface area contributed by atoms with E-state index in [9.17, 15) is 0 Å². The second-order valence-corrected chi connectivity index (χ2v) is 14.5. The van der Waals surface area contributed by atoms with Gasteiger partial charge in [0.2, 0.25) is 0 Å². The summed E-state index contributed by atoms with van der Waals surface area (Å²) in [7, 11) is 0. The zero-order chi connectivity index (χ0) is 37.4. The van der Waals surface area contributed by atoms with Crippen LogP contribution in [-0.2, 0) is 5.41 Å². The van der Waals surface area contributed by atoms with Crippen molar-refractivity contribution in [1.29, 1.82) is 0 Å². The van der Waals surface area contributed by atoms with Crippen LogP contribution in [-0.4, -0.2) is 39.9 Å². The minimum absolute atomic E-state index is 0.336. The third-order valence-electron chi connectivity index (χ3n) is 10.8. The van der Waals surface area contributed by atoms with E-state index in [1.807, 2.05) is 109 Å². The number of H-pyrrole nitrogens is 2. The van der Waals surface area contributed by atoms with Crippen molar-refractivity contribution >= 4 is 44.1 Å². The molecule has 0 saturated carbocycles. The van der Waals surface area contributed by atoms with Crippen LogP contribution in [0.3, 0.4) is 0 Å². The average Bonchev–Trinajstić information content (AvgIpc) is 3.97. The van der Waals surface area contributed by atoms with E-state index in [-0.39, 0.29) is 5.41 Å². The summed E-state index contributed by atoms with van der Waals surface area (Å²) in [4.78, 5) is 37.8. The Kier molecular flexibility index (Phi) is 6.99. The van der Waals surface area contributed by atoms with E-state index in [1.165, 1.54) is 5.56 Å². The topological polar surface area (TPSA) is 118 Å². The van der Waals surface area contributed by atoms with Crippen molar-refractivity contribution in [3.8, 4) is 57.1 Å². The van der Waals surface area contributed by atoms with Crippen LogP contribution >= 0.6 is 0 Å². The molecule has 0 saturated heterocycles. The number of hydrogen-bond donors (Lipinski definition) is 2. The first kappa shape index (κ1) is 32.0. The smallest absolute Gasteiger partial charge is 0.164 e. The Morgan fingerprint density at radius 1 is 0.393 bits per heavy atom. The number of aromatic amines is 2. The molecule has 5 heterocycles. The first-order chi connectivity index (χ1) is 27.5. The summed E-state index contributed by atoms with van der Waals surface area (Å²) in [6.45, 7) is 4.44. The third-order valence-corrected chi connectivity index (χ3v) is 10.8. The highest BCUT2D eigenvalue weighted by Crippen LogP contribution is 2.42. The molecule has 2 aliphatic heterocycles. The molecule has 56 heavy (non-hydrogen) atoms. The minimum atomic E-state index is -0.336. The normalized spacial score (nSPS) is 12.1. The van der Waals surface area contributed by atoms with Gasteiger partial charge in [-0.2, -0.15) is 0 Å². The van der Waals surface area contributed by atoms with Gasteiger partial charge in [0.05, 0.1) is 5.39 Å². The van der Waals surface area contributed by atoms with Crippen LogP contribution < -0.4 is 4.74 Å². The van der Waals surface area contributed by atoms with E-state index in [0.717, 1.165) is 55.1 Å². The molecule has 9 heteroatoms. The zero-order valence-corrected chi connectivity index (χ0v) is 30.4. The molecule has 2 N–H and O–H groups in total. The highest BCUT2D eigenvalue weighted by molar-refractivity contribution is 6.09. The van der Waals surface area contributed by atoms with E-state index in [2.05, 4.69) is 60.2 Å². The van der Waals surface area contributed by atoms with Crippen LogP contribution in [0.2, 0.25) is 0 Å². The number of aromatic nitrogens is 8. The molecule has 11 rings (SSSR count). The van der Waals surface area contributed by atoms with Crippen LogP contribution in [0, 0.1) is 0 Å². The Morgan fingerprint density at radius 3 is 1.41 bits per heavy atom. The predicted octanol–water partition coefficient (Wildman–Crippen LogP) is 11.0. The van der Waals surface area contributed by atoms with Crippen LogP contribution in [0.1, 0.15) is 25.0 Å². The van der Waals surface area contributed by atoms with Gasteiger partial charge in [-0.25, -0.2) is 29.9 Å². The molecule has 3 aromatic heterocycles. The van der Waals surface area contributed by atoms with Crippen LogP contribution in [0.4, 0.5) is 0 Å². The molecule has 6 aromatic carbocycles. The number of nitrogens with zero attached hydrogens (tertiary/aromatic N) is 6. The molecule has 0 radical (unpaired) electrons. The molecular formula is C47H32N8O. The molecule has 9 nitrogen and oxygen atoms in total. The van der Waals surface area contributed by atoms with E-state index < -0.39 is 0 Å². The molecule has 0 atom stereocenters. The molecule has 0 unspecified atom stereocenters. The molecule has 0 amide bonds. The second kappa shape index (κ2) is 12.3. The lowest BCUT2D eigenvalue weighted by Crippen LogP contribution is -2.19.